The summed E-state index contributed by atoms with van der Waals surface area (Å²) in [5.41, 5.74) is 2.33. The number of rotatable bonds is 3. The van der Waals surface area contributed by atoms with Crippen LogP contribution in [0.5, 0.6) is 0 Å². The van der Waals surface area contributed by atoms with Crippen molar-refractivity contribution in [3.05, 3.63) is 51.7 Å². The highest BCUT2D eigenvalue weighted by Crippen LogP contribution is 2.19. The minimum absolute atomic E-state index is 0.00330. The van der Waals surface area contributed by atoms with Gasteiger partial charge in [-0.05, 0) is 25.5 Å². The molecule has 1 aromatic heterocycles. The molecular formula is C14H15NOS2. The first kappa shape index (κ1) is 13.2. The minimum atomic E-state index is -0.0478. The van der Waals surface area contributed by atoms with E-state index in [9.17, 15) is 4.79 Å². The number of amides is 1. The van der Waals surface area contributed by atoms with E-state index in [1.807, 2.05) is 31.4 Å². The summed E-state index contributed by atoms with van der Waals surface area (Å²) in [6.07, 6.45) is 0. The molecule has 18 heavy (non-hydrogen) atoms. The van der Waals surface area contributed by atoms with E-state index < -0.39 is 0 Å². The van der Waals surface area contributed by atoms with Gasteiger partial charge in [-0.15, -0.1) is 24.0 Å². The van der Waals surface area contributed by atoms with Gasteiger partial charge >= 0.3 is 0 Å². The van der Waals surface area contributed by atoms with E-state index in [0.29, 0.717) is 4.88 Å². The van der Waals surface area contributed by atoms with E-state index in [0.717, 1.165) is 10.5 Å². The smallest absolute Gasteiger partial charge is 0.261 e. The van der Waals surface area contributed by atoms with E-state index >= 15 is 0 Å². The van der Waals surface area contributed by atoms with Crippen molar-refractivity contribution in [2.75, 3.05) is 0 Å². The summed E-state index contributed by atoms with van der Waals surface area (Å²) in [6.45, 7) is 4.03. The molecule has 1 amide bonds. The molecule has 0 aliphatic heterocycles. The van der Waals surface area contributed by atoms with Crippen molar-refractivity contribution in [3.8, 4) is 0 Å². The third-order valence-corrected chi connectivity index (χ3v) is 4.10. The molecule has 4 heteroatoms. The fourth-order valence-electron chi connectivity index (χ4n) is 1.65. The second kappa shape index (κ2) is 5.59. The molecule has 0 aliphatic carbocycles. The maximum Gasteiger partial charge on any atom is 0.261 e. The lowest BCUT2D eigenvalue weighted by Crippen LogP contribution is -2.25. The predicted octanol–water partition coefficient (Wildman–Crippen LogP) is 3.84. The first-order chi connectivity index (χ1) is 8.56. The lowest BCUT2D eigenvalue weighted by Gasteiger charge is -2.13. The van der Waals surface area contributed by atoms with Crippen LogP contribution in [0, 0.1) is 6.92 Å². The van der Waals surface area contributed by atoms with Crippen molar-refractivity contribution in [3.63, 3.8) is 0 Å². The quantitative estimate of drug-likeness (QED) is 0.820. The van der Waals surface area contributed by atoms with Crippen molar-refractivity contribution in [2.24, 2.45) is 0 Å². The van der Waals surface area contributed by atoms with Crippen LogP contribution in [-0.4, -0.2) is 5.91 Å². The van der Waals surface area contributed by atoms with Crippen LogP contribution in [0.1, 0.15) is 33.8 Å². The number of carbonyl (C=O) groups is 1. The van der Waals surface area contributed by atoms with Gasteiger partial charge < -0.3 is 5.32 Å². The molecule has 0 saturated heterocycles. The number of carbonyl (C=O) groups excluding carboxylic acids is 1. The average molecular weight is 277 g/mol. The Balaban J connectivity index is 2.05. The van der Waals surface area contributed by atoms with Gasteiger partial charge in [0.05, 0.1) is 10.9 Å². The fraction of sp³-hybridized carbons (Fsp3) is 0.214. The molecular weight excluding hydrogens is 262 g/mol. The molecule has 2 rings (SSSR count). The summed E-state index contributed by atoms with van der Waals surface area (Å²) >= 11 is 5.61. The predicted molar refractivity (Wildman–Crippen MR) is 78.6 cm³/mol. The average Bonchev–Trinajstić information content (AvgIpc) is 2.76. The third kappa shape index (κ3) is 3.15. The van der Waals surface area contributed by atoms with E-state index in [2.05, 4.69) is 30.1 Å². The van der Waals surface area contributed by atoms with Crippen LogP contribution in [0.15, 0.2) is 40.6 Å². The zero-order valence-electron chi connectivity index (χ0n) is 10.3. The van der Waals surface area contributed by atoms with Crippen LogP contribution in [0.3, 0.4) is 0 Å². The summed E-state index contributed by atoms with van der Waals surface area (Å²) in [5.74, 6) is -0.0478. The topological polar surface area (TPSA) is 29.1 Å². The molecule has 0 saturated carbocycles. The van der Waals surface area contributed by atoms with E-state index in [1.165, 1.54) is 16.9 Å². The minimum Gasteiger partial charge on any atom is -0.345 e. The van der Waals surface area contributed by atoms with E-state index in [4.69, 9.17) is 0 Å². The molecule has 1 unspecified atom stereocenters. The van der Waals surface area contributed by atoms with Gasteiger partial charge in [0.2, 0.25) is 0 Å². The molecule has 0 bridgehead atoms. The molecule has 1 N–H and O–H groups in total. The largest absolute Gasteiger partial charge is 0.345 e. The Bertz CT molecular complexity index is 545. The second-order valence-corrected chi connectivity index (χ2v) is 5.70. The van der Waals surface area contributed by atoms with Crippen molar-refractivity contribution in [1.82, 2.24) is 5.32 Å². The Kier molecular flexibility index (Phi) is 4.09. The number of nitrogens with one attached hydrogen (secondary N) is 1. The Morgan fingerprint density at radius 2 is 2.00 bits per heavy atom. The van der Waals surface area contributed by atoms with E-state index in [1.54, 1.807) is 6.07 Å². The SMILES string of the molecule is Cc1ccc(C(C)NC(=O)c2cc(S)cs2)cc1. The first-order valence-corrected chi connectivity index (χ1v) is 7.04. The van der Waals surface area contributed by atoms with Gasteiger partial charge in [-0.1, -0.05) is 29.8 Å². The van der Waals surface area contributed by atoms with Crippen LogP contribution in [0.2, 0.25) is 0 Å². The van der Waals surface area contributed by atoms with Crippen LogP contribution in [0.25, 0.3) is 0 Å². The summed E-state index contributed by atoms with van der Waals surface area (Å²) < 4.78 is 0. The third-order valence-electron chi connectivity index (χ3n) is 2.73. The van der Waals surface area contributed by atoms with Gasteiger partial charge in [-0.25, -0.2) is 0 Å². The molecule has 94 valence electrons. The molecule has 0 spiro atoms. The van der Waals surface area contributed by atoms with Crippen LogP contribution in [-0.2, 0) is 0 Å². The van der Waals surface area contributed by atoms with Crippen LogP contribution in [0.4, 0.5) is 0 Å². The van der Waals surface area contributed by atoms with Gasteiger partial charge in [0.25, 0.3) is 5.91 Å². The summed E-state index contributed by atoms with van der Waals surface area (Å²) in [7, 11) is 0. The van der Waals surface area contributed by atoms with Crippen molar-refractivity contribution < 1.29 is 4.79 Å². The maximum absolute atomic E-state index is 12.0. The van der Waals surface area contributed by atoms with Gasteiger partial charge in [0.15, 0.2) is 0 Å². The number of thiophene rings is 1. The lowest BCUT2D eigenvalue weighted by atomic mass is 10.1. The molecule has 0 fully saturated rings. The zero-order valence-corrected chi connectivity index (χ0v) is 12.0. The van der Waals surface area contributed by atoms with Gasteiger partial charge in [-0.2, -0.15) is 0 Å². The first-order valence-electron chi connectivity index (χ1n) is 5.71. The van der Waals surface area contributed by atoms with Crippen molar-refractivity contribution >= 4 is 29.9 Å². The van der Waals surface area contributed by atoms with Crippen molar-refractivity contribution in [2.45, 2.75) is 24.8 Å². The zero-order chi connectivity index (χ0) is 13.1. The maximum atomic E-state index is 12.0. The van der Waals surface area contributed by atoms with Gasteiger partial charge in [-0.3, -0.25) is 4.79 Å². The molecule has 1 atom stereocenters. The second-order valence-electron chi connectivity index (χ2n) is 4.27. The number of hydrogen-bond acceptors (Lipinski definition) is 3. The highest BCUT2D eigenvalue weighted by atomic mass is 32.1. The Morgan fingerprint density at radius 1 is 1.33 bits per heavy atom. The van der Waals surface area contributed by atoms with Gasteiger partial charge in [0, 0.05) is 10.3 Å². The summed E-state index contributed by atoms with van der Waals surface area (Å²) in [5, 5.41) is 4.84. The van der Waals surface area contributed by atoms with Crippen LogP contribution < -0.4 is 5.32 Å². The molecule has 0 radical (unpaired) electrons. The standard InChI is InChI=1S/C14H15NOS2/c1-9-3-5-11(6-4-9)10(2)15-14(16)13-7-12(17)8-18-13/h3-8,10,17H,1-2H3,(H,15,16). The normalized spacial score (nSPS) is 12.2. The number of benzene rings is 1. The monoisotopic (exact) mass is 277 g/mol. The summed E-state index contributed by atoms with van der Waals surface area (Å²) in [6, 6.07) is 9.97. The Labute approximate surface area is 116 Å². The highest BCUT2D eigenvalue weighted by Gasteiger charge is 2.12. The molecule has 2 nitrogen and oxygen atoms in total. The fourth-order valence-corrected chi connectivity index (χ4v) is 2.70. The van der Waals surface area contributed by atoms with Crippen LogP contribution >= 0.6 is 24.0 Å². The van der Waals surface area contributed by atoms with Gasteiger partial charge in [0.1, 0.15) is 0 Å². The lowest BCUT2D eigenvalue weighted by molar-refractivity contribution is 0.0944. The number of thiol groups is 1. The molecule has 1 aromatic carbocycles. The Hall–Kier alpha value is -1.26. The molecule has 1 heterocycles. The molecule has 2 aromatic rings. The highest BCUT2D eigenvalue weighted by molar-refractivity contribution is 7.80. The van der Waals surface area contributed by atoms with E-state index in [-0.39, 0.29) is 11.9 Å². The summed E-state index contributed by atoms with van der Waals surface area (Å²) in [4.78, 5) is 13.5. The Morgan fingerprint density at radius 3 is 2.56 bits per heavy atom. The molecule has 0 aliphatic rings. The van der Waals surface area contributed by atoms with Crippen molar-refractivity contribution in [1.29, 1.82) is 0 Å². The number of hydrogen-bond donors (Lipinski definition) is 2. The number of aryl methyl sites for hydroxylation is 1.